The molecule has 2 aromatic heterocycles. The molecular weight excluding hydrogens is 363 g/mol. The van der Waals surface area contributed by atoms with Crippen LogP contribution in [0.3, 0.4) is 0 Å². The minimum atomic E-state index is -0.217. The van der Waals surface area contributed by atoms with Gasteiger partial charge in [0, 0.05) is 31.5 Å². The summed E-state index contributed by atoms with van der Waals surface area (Å²) in [4.78, 5) is 2.30. The van der Waals surface area contributed by atoms with Gasteiger partial charge in [-0.05, 0) is 44.4 Å². The molecule has 8 heteroatoms. The van der Waals surface area contributed by atoms with Crippen molar-refractivity contribution in [3.8, 4) is 0 Å². The van der Waals surface area contributed by atoms with Crippen molar-refractivity contribution in [3.63, 3.8) is 0 Å². The quantitative estimate of drug-likeness (QED) is 0.667. The Balaban J connectivity index is 1.46. The SMILES string of the molecule is CC(C)n1cnnc1C1CCCN(c2nnc(Cc3ccc(F)cc3)s2)C1. The van der Waals surface area contributed by atoms with Gasteiger partial charge < -0.3 is 9.47 Å². The van der Waals surface area contributed by atoms with E-state index in [1.807, 2.05) is 6.33 Å². The topological polar surface area (TPSA) is 59.7 Å². The molecule has 27 heavy (non-hydrogen) atoms. The fraction of sp³-hybridized carbons (Fsp3) is 0.474. The lowest BCUT2D eigenvalue weighted by Crippen LogP contribution is -2.35. The third kappa shape index (κ3) is 4.00. The van der Waals surface area contributed by atoms with Crippen LogP contribution in [0.25, 0.3) is 0 Å². The van der Waals surface area contributed by atoms with E-state index in [1.165, 1.54) is 12.1 Å². The van der Waals surface area contributed by atoms with Crippen LogP contribution in [0.4, 0.5) is 9.52 Å². The fourth-order valence-corrected chi connectivity index (χ4v) is 4.43. The average molecular weight is 387 g/mol. The molecular formula is C19H23FN6S. The number of halogens is 1. The second kappa shape index (κ2) is 7.72. The van der Waals surface area contributed by atoms with Gasteiger partial charge in [-0.1, -0.05) is 23.5 Å². The maximum atomic E-state index is 13.1. The van der Waals surface area contributed by atoms with Crippen molar-refractivity contribution in [2.75, 3.05) is 18.0 Å². The van der Waals surface area contributed by atoms with Crippen molar-refractivity contribution < 1.29 is 4.39 Å². The smallest absolute Gasteiger partial charge is 0.208 e. The van der Waals surface area contributed by atoms with Crippen molar-refractivity contribution in [2.45, 2.75) is 45.1 Å². The van der Waals surface area contributed by atoms with Gasteiger partial charge in [-0.25, -0.2) is 4.39 Å². The highest BCUT2D eigenvalue weighted by Crippen LogP contribution is 2.31. The number of hydrogen-bond acceptors (Lipinski definition) is 6. The lowest BCUT2D eigenvalue weighted by atomic mass is 9.97. The molecule has 1 unspecified atom stereocenters. The zero-order valence-electron chi connectivity index (χ0n) is 15.5. The summed E-state index contributed by atoms with van der Waals surface area (Å²) in [5, 5.41) is 19.1. The van der Waals surface area contributed by atoms with Crippen molar-refractivity contribution in [1.82, 2.24) is 25.0 Å². The van der Waals surface area contributed by atoms with E-state index in [0.717, 1.165) is 47.5 Å². The number of rotatable bonds is 5. The lowest BCUT2D eigenvalue weighted by molar-refractivity contribution is 0.454. The van der Waals surface area contributed by atoms with Crippen LogP contribution < -0.4 is 4.90 Å². The number of aromatic nitrogens is 5. The Morgan fingerprint density at radius 2 is 2.00 bits per heavy atom. The van der Waals surface area contributed by atoms with E-state index in [1.54, 1.807) is 23.5 Å². The molecule has 1 saturated heterocycles. The molecule has 1 atom stereocenters. The van der Waals surface area contributed by atoms with Gasteiger partial charge in [-0.2, -0.15) is 0 Å². The molecule has 1 aliphatic heterocycles. The highest BCUT2D eigenvalue weighted by Gasteiger charge is 2.27. The summed E-state index contributed by atoms with van der Waals surface area (Å²) in [5.41, 5.74) is 1.04. The average Bonchev–Trinajstić information content (AvgIpc) is 3.33. The van der Waals surface area contributed by atoms with Crippen LogP contribution in [0.15, 0.2) is 30.6 Å². The molecule has 1 aliphatic rings. The third-order valence-corrected chi connectivity index (χ3v) is 5.92. The summed E-state index contributed by atoms with van der Waals surface area (Å²) in [5.74, 6) is 1.20. The van der Waals surface area contributed by atoms with Gasteiger partial charge in [0.1, 0.15) is 23.0 Å². The lowest BCUT2D eigenvalue weighted by Gasteiger charge is -2.32. The van der Waals surface area contributed by atoms with Gasteiger partial charge in [0.25, 0.3) is 0 Å². The Morgan fingerprint density at radius 1 is 1.19 bits per heavy atom. The number of benzene rings is 1. The maximum absolute atomic E-state index is 13.1. The van der Waals surface area contributed by atoms with Crippen LogP contribution in [-0.4, -0.2) is 38.1 Å². The molecule has 0 N–H and O–H groups in total. The summed E-state index contributed by atoms with van der Waals surface area (Å²) < 4.78 is 15.2. The van der Waals surface area contributed by atoms with Crippen LogP contribution in [0, 0.1) is 5.82 Å². The Labute approximate surface area is 162 Å². The van der Waals surface area contributed by atoms with Crippen molar-refractivity contribution in [1.29, 1.82) is 0 Å². The summed E-state index contributed by atoms with van der Waals surface area (Å²) in [6.07, 6.45) is 4.72. The summed E-state index contributed by atoms with van der Waals surface area (Å²) in [7, 11) is 0. The largest absolute Gasteiger partial charge is 0.346 e. The van der Waals surface area contributed by atoms with Crippen molar-refractivity contribution >= 4 is 16.5 Å². The first-order valence-electron chi connectivity index (χ1n) is 9.31. The highest BCUT2D eigenvalue weighted by molar-refractivity contribution is 7.15. The predicted octanol–water partition coefficient (Wildman–Crippen LogP) is 3.82. The molecule has 0 aliphatic carbocycles. The second-order valence-corrected chi connectivity index (χ2v) is 8.30. The molecule has 1 fully saturated rings. The first-order chi connectivity index (χ1) is 13.1. The summed E-state index contributed by atoms with van der Waals surface area (Å²) in [6, 6.07) is 6.92. The molecule has 3 aromatic rings. The van der Waals surface area contributed by atoms with E-state index in [-0.39, 0.29) is 5.82 Å². The maximum Gasteiger partial charge on any atom is 0.208 e. The van der Waals surface area contributed by atoms with Gasteiger partial charge in [0.05, 0.1) is 0 Å². The molecule has 0 radical (unpaired) electrons. The number of piperidine rings is 1. The highest BCUT2D eigenvalue weighted by atomic mass is 32.1. The van der Waals surface area contributed by atoms with Gasteiger partial charge in [0.2, 0.25) is 5.13 Å². The minimum Gasteiger partial charge on any atom is -0.346 e. The number of anilines is 1. The molecule has 1 aromatic carbocycles. The van der Waals surface area contributed by atoms with Crippen LogP contribution in [0.5, 0.6) is 0 Å². The van der Waals surface area contributed by atoms with E-state index >= 15 is 0 Å². The predicted molar refractivity (Wildman–Crippen MR) is 104 cm³/mol. The molecule has 0 amide bonds. The van der Waals surface area contributed by atoms with Crippen molar-refractivity contribution in [2.24, 2.45) is 0 Å². The Hall–Kier alpha value is -2.35. The van der Waals surface area contributed by atoms with Crippen LogP contribution in [0.1, 0.15) is 55.0 Å². The van der Waals surface area contributed by atoms with E-state index in [4.69, 9.17) is 0 Å². The second-order valence-electron chi connectivity index (χ2n) is 7.26. The first-order valence-corrected chi connectivity index (χ1v) is 10.1. The van der Waals surface area contributed by atoms with E-state index < -0.39 is 0 Å². The summed E-state index contributed by atoms with van der Waals surface area (Å²) >= 11 is 1.62. The number of hydrogen-bond donors (Lipinski definition) is 0. The number of nitrogens with zero attached hydrogens (tertiary/aromatic N) is 6. The van der Waals surface area contributed by atoms with E-state index in [9.17, 15) is 4.39 Å². The summed E-state index contributed by atoms with van der Waals surface area (Å²) in [6.45, 7) is 6.17. The van der Waals surface area contributed by atoms with E-state index in [0.29, 0.717) is 18.4 Å². The molecule has 4 rings (SSSR count). The molecule has 3 heterocycles. The third-order valence-electron chi connectivity index (χ3n) is 4.94. The van der Waals surface area contributed by atoms with Crippen LogP contribution in [0.2, 0.25) is 0 Å². The van der Waals surface area contributed by atoms with Gasteiger partial charge >= 0.3 is 0 Å². The standard InChI is InChI=1S/C19H23FN6S/c1-13(2)26-12-21-23-18(26)15-4-3-9-25(11-15)19-24-22-17(27-19)10-14-5-7-16(20)8-6-14/h5-8,12-13,15H,3-4,9-11H2,1-2H3. The fourth-order valence-electron chi connectivity index (χ4n) is 3.52. The monoisotopic (exact) mass is 386 g/mol. The molecule has 0 saturated carbocycles. The first kappa shape index (κ1) is 18.0. The van der Waals surface area contributed by atoms with Gasteiger partial charge in [-0.3, -0.25) is 0 Å². The normalized spacial score (nSPS) is 17.6. The molecule has 142 valence electrons. The van der Waals surface area contributed by atoms with Gasteiger partial charge in [0.15, 0.2) is 0 Å². The zero-order valence-corrected chi connectivity index (χ0v) is 16.4. The van der Waals surface area contributed by atoms with Crippen molar-refractivity contribution in [3.05, 3.63) is 52.8 Å². The Kier molecular flexibility index (Phi) is 5.15. The van der Waals surface area contributed by atoms with Gasteiger partial charge in [-0.15, -0.1) is 20.4 Å². The minimum absolute atomic E-state index is 0.217. The van der Waals surface area contributed by atoms with E-state index in [2.05, 4.69) is 43.7 Å². The molecule has 6 nitrogen and oxygen atoms in total. The Morgan fingerprint density at radius 3 is 2.78 bits per heavy atom. The zero-order chi connectivity index (χ0) is 18.8. The Bertz CT molecular complexity index is 888. The van der Waals surface area contributed by atoms with Crippen LogP contribution in [-0.2, 0) is 6.42 Å². The van der Waals surface area contributed by atoms with Crippen LogP contribution >= 0.6 is 11.3 Å². The molecule has 0 bridgehead atoms. The molecule has 0 spiro atoms.